The Kier molecular flexibility index (Phi) is 16.0. The quantitative estimate of drug-likeness (QED) is 0.0734. The molecule has 4 heteroatoms. The number of thiophene rings is 4. The lowest BCUT2D eigenvalue weighted by Gasteiger charge is -2.03. The minimum absolute atomic E-state index is 1.20. The summed E-state index contributed by atoms with van der Waals surface area (Å²) in [6.07, 6.45) is 29.3. The van der Waals surface area contributed by atoms with Crippen LogP contribution in [0.2, 0.25) is 0 Å². The first-order valence-corrected chi connectivity index (χ1v) is 20.9. The molecular weight excluding hydrogens is 609 g/mol. The van der Waals surface area contributed by atoms with E-state index in [0.717, 1.165) is 0 Å². The van der Waals surface area contributed by atoms with Crippen LogP contribution in [-0.2, 0) is 12.8 Å². The molecule has 0 atom stereocenters. The molecule has 0 N–H and O–H groups in total. The molecule has 0 fully saturated rings. The van der Waals surface area contributed by atoms with E-state index in [4.69, 9.17) is 0 Å². The molecule has 4 rings (SSSR count). The van der Waals surface area contributed by atoms with Crippen LogP contribution in [0, 0.1) is 13.8 Å². The molecule has 0 aliphatic rings. The van der Waals surface area contributed by atoms with E-state index in [-0.39, 0.29) is 0 Å². The first-order chi connectivity index (χ1) is 21.6. The van der Waals surface area contributed by atoms with Crippen LogP contribution in [0.4, 0.5) is 0 Å². The van der Waals surface area contributed by atoms with Gasteiger partial charge in [-0.25, -0.2) is 0 Å². The first kappa shape index (κ1) is 35.4. The number of rotatable bonds is 22. The second kappa shape index (κ2) is 19.9. The van der Waals surface area contributed by atoms with Gasteiger partial charge in [0.2, 0.25) is 0 Å². The Balaban J connectivity index is 1.45. The van der Waals surface area contributed by atoms with Crippen LogP contribution in [0.1, 0.15) is 147 Å². The summed E-state index contributed by atoms with van der Waals surface area (Å²) < 4.78 is 0. The van der Waals surface area contributed by atoms with Crippen molar-refractivity contribution in [2.45, 2.75) is 143 Å². The van der Waals surface area contributed by atoms with Gasteiger partial charge in [0.1, 0.15) is 0 Å². The molecule has 0 amide bonds. The molecule has 0 unspecified atom stereocenters. The van der Waals surface area contributed by atoms with E-state index in [1.165, 1.54) is 155 Å². The fraction of sp³-hybridized carbons (Fsp3) is 0.550. The highest BCUT2D eigenvalue weighted by Crippen LogP contribution is 2.40. The molecule has 0 aromatic carbocycles. The fourth-order valence-electron chi connectivity index (χ4n) is 5.99. The highest BCUT2D eigenvalue weighted by Gasteiger charge is 2.13. The average Bonchev–Trinajstić information content (AvgIpc) is 3.82. The second-order valence-corrected chi connectivity index (χ2v) is 17.3. The van der Waals surface area contributed by atoms with Crippen LogP contribution in [0.25, 0.3) is 31.7 Å². The number of hydrogen-bond acceptors (Lipinski definition) is 4. The normalized spacial score (nSPS) is 11.8. The van der Waals surface area contributed by atoms with Crippen LogP contribution in [-0.4, -0.2) is 0 Å². The van der Waals surface area contributed by atoms with Crippen molar-refractivity contribution in [3.8, 4) is 19.5 Å². The Labute approximate surface area is 285 Å². The Morgan fingerprint density at radius 3 is 1.14 bits per heavy atom. The zero-order chi connectivity index (χ0) is 31.0. The summed E-state index contributed by atoms with van der Waals surface area (Å²) in [5, 5.41) is 0. The van der Waals surface area contributed by atoms with Crippen LogP contribution in [0.3, 0.4) is 0 Å². The number of hydrogen-bond donors (Lipinski definition) is 0. The van der Waals surface area contributed by atoms with Crippen LogP contribution in [0.5, 0.6) is 0 Å². The van der Waals surface area contributed by atoms with Gasteiger partial charge in [-0.1, -0.05) is 104 Å². The smallest absolute Gasteiger partial charge is 0.0451 e. The van der Waals surface area contributed by atoms with Crippen molar-refractivity contribution in [1.82, 2.24) is 0 Å². The molecule has 0 nitrogen and oxygen atoms in total. The maximum absolute atomic E-state index is 2.51. The highest BCUT2D eigenvalue weighted by atomic mass is 32.1. The molecule has 44 heavy (non-hydrogen) atoms. The Bertz CT molecular complexity index is 1270. The van der Waals surface area contributed by atoms with Gasteiger partial charge in [-0.2, -0.15) is 0 Å². The van der Waals surface area contributed by atoms with Gasteiger partial charge in [0.05, 0.1) is 0 Å². The van der Waals surface area contributed by atoms with Crippen molar-refractivity contribution in [3.63, 3.8) is 0 Å². The molecule has 4 heterocycles. The van der Waals surface area contributed by atoms with Crippen molar-refractivity contribution in [3.05, 3.63) is 67.0 Å². The van der Waals surface area contributed by atoms with Crippen molar-refractivity contribution < 1.29 is 0 Å². The topological polar surface area (TPSA) is 0 Å². The molecule has 0 saturated carbocycles. The van der Waals surface area contributed by atoms with Crippen LogP contribution >= 0.6 is 45.3 Å². The average molecular weight is 665 g/mol. The third kappa shape index (κ3) is 11.7. The lowest BCUT2D eigenvalue weighted by atomic mass is 10.0. The molecule has 0 spiro atoms. The minimum atomic E-state index is 1.20. The van der Waals surface area contributed by atoms with Gasteiger partial charge in [-0.15, -0.1) is 45.3 Å². The zero-order valence-electron chi connectivity index (χ0n) is 28.0. The Morgan fingerprint density at radius 2 is 0.795 bits per heavy atom. The van der Waals surface area contributed by atoms with Crippen molar-refractivity contribution in [1.29, 1.82) is 0 Å². The largest absolute Gasteiger partial charge is 0.140 e. The van der Waals surface area contributed by atoms with E-state index >= 15 is 0 Å². The van der Waals surface area contributed by atoms with Crippen molar-refractivity contribution >= 4 is 57.5 Å². The van der Waals surface area contributed by atoms with E-state index in [9.17, 15) is 0 Å². The van der Waals surface area contributed by atoms with Gasteiger partial charge in [-0.05, 0) is 99.2 Å². The lowest BCUT2D eigenvalue weighted by molar-refractivity contribution is 0.575. The van der Waals surface area contributed by atoms with Gasteiger partial charge in [-0.3, -0.25) is 0 Å². The zero-order valence-corrected chi connectivity index (χ0v) is 31.2. The van der Waals surface area contributed by atoms with E-state index in [0.29, 0.717) is 0 Å². The van der Waals surface area contributed by atoms with E-state index < -0.39 is 0 Å². The van der Waals surface area contributed by atoms with Gasteiger partial charge in [0, 0.05) is 39.0 Å². The molecule has 0 bridgehead atoms. The summed E-state index contributed by atoms with van der Waals surface area (Å²) in [7, 11) is 0. The molecule has 0 aliphatic heterocycles. The van der Waals surface area contributed by atoms with Crippen molar-refractivity contribution in [2.75, 3.05) is 0 Å². The maximum atomic E-state index is 2.51. The summed E-state index contributed by atoms with van der Waals surface area (Å²) in [5.41, 5.74) is 3.10. The number of aryl methyl sites for hydroxylation is 4. The molecule has 0 radical (unpaired) electrons. The summed E-state index contributed by atoms with van der Waals surface area (Å²) in [6.45, 7) is 9.06. The summed E-state index contributed by atoms with van der Waals surface area (Å²) >= 11 is 7.86. The molecule has 0 saturated heterocycles. The van der Waals surface area contributed by atoms with E-state index in [1.807, 2.05) is 45.3 Å². The standard InChI is InChI=1S/C40H56S4/c1-5-7-9-11-13-15-17-19-21-33-29-39(37-25-23-31(3)41-37)43-35(33)27-28-36-34(22-20-18-16-14-12-10-8-6-2)30-40(44-36)38-26-24-32(4)42-38/h23-30H,5-22H2,1-4H3/b28-27+. The molecular formula is C40H56S4. The van der Waals surface area contributed by atoms with Gasteiger partial charge < -0.3 is 0 Å². The molecule has 240 valence electrons. The fourth-order valence-corrected chi connectivity index (χ4v) is 10.1. The molecule has 4 aromatic rings. The Morgan fingerprint density at radius 1 is 0.432 bits per heavy atom. The molecule has 0 aliphatic carbocycles. The predicted octanol–water partition coefficient (Wildman–Crippen LogP) is 15.4. The summed E-state index contributed by atoms with van der Waals surface area (Å²) in [4.78, 5) is 11.5. The first-order valence-electron chi connectivity index (χ1n) is 17.6. The van der Waals surface area contributed by atoms with Crippen LogP contribution in [0.15, 0.2) is 36.4 Å². The molecule has 4 aromatic heterocycles. The van der Waals surface area contributed by atoms with Gasteiger partial charge in [0.15, 0.2) is 0 Å². The lowest BCUT2D eigenvalue weighted by Crippen LogP contribution is -1.87. The van der Waals surface area contributed by atoms with Crippen LogP contribution < -0.4 is 0 Å². The second-order valence-electron chi connectivity index (χ2n) is 12.6. The minimum Gasteiger partial charge on any atom is -0.140 e. The van der Waals surface area contributed by atoms with E-state index in [1.54, 1.807) is 11.1 Å². The van der Waals surface area contributed by atoms with E-state index in [2.05, 4.69) is 76.2 Å². The third-order valence-corrected chi connectivity index (χ3v) is 13.3. The Hall–Kier alpha value is -1.46. The van der Waals surface area contributed by atoms with Gasteiger partial charge >= 0.3 is 0 Å². The van der Waals surface area contributed by atoms with Gasteiger partial charge in [0.25, 0.3) is 0 Å². The highest BCUT2D eigenvalue weighted by molar-refractivity contribution is 7.23. The van der Waals surface area contributed by atoms with Crippen molar-refractivity contribution in [2.24, 2.45) is 0 Å². The SMILES string of the molecule is CCCCCCCCCCc1cc(-c2ccc(C)s2)sc1/C=C/c1sc(-c2ccc(C)s2)cc1CCCCCCCCCC. The monoisotopic (exact) mass is 664 g/mol. The number of unbranched alkanes of at least 4 members (excludes halogenated alkanes) is 14. The maximum Gasteiger partial charge on any atom is 0.0451 e. The third-order valence-electron chi connectivity index (χ3n) is 8.64. The predicted molar refractivity (Wildman–Crippen MR) is 206 cm³/mol. The summed E-state index contributed by atoms with van der Waals surface area (Å²) in [5.74, 6) is 0. The summed E-state index contributed by atoms with van der Waals surface area (Å²) in [6, 6.07) is 14.2.